The van der Waals surface area contributed by atoms with Crippen molar-refractivity contribution in [2.75, 3.05) is 38.1 Å². The van der Waals surface area contributed by atoms with Crippen molar-refractivity contribution in [2.45, 2.75) is 52.1 Å². The fourth-order valence-electron chi connectivity index (χ4n) is 3.02. The van der Waals surface area contributed by atoms with Crippen LogP contribution < -0.4 is 9.47 Å². The van der Waals surface area contributed by atoms with Crippen LogP contribution in [-0.2, 0) is 10.2 Å². The first-order chi connectivity index (χ1) is 16.0. The summed E-state index contributed by atoms with van der Waals surface area (Å²) >= 11 is 5.98. The normalized spacial score (nSPS) is 12.0. The van der Waals surface area contributed by atoms with Crippen LogP contribution in [0.2, 0.25) is 0 Å². The molecule has 0 fully saturated rings. The molecule has 186 valence electrons. The van der Waals surface area contributed by atoms with E-state index in [-0.39, 0.29) is 18.6 Å². The van der Waals surface area contributed by atoms with Crippen LogP contribution in [-0.4, -0.2) is 49.3 Å². The summed E-state index contributed by atoms with van der Waals surface area (Å²) in [4.78, 5) is 0. The summed E-state index contributed by atoms with van der Waals surface area (Å²) in [6, 6.07) is 16.0. The van der Waals surface area contributed by atoms with E-state index in [0.29, 0.717) is 49.2 Å². The van der Waals surface area contributed by atoms with Crippen molar-refractivity contribution in [1.29, 1.82) is 0 Å². The van der Waals surface area contributed by atoms with Gasteiger partial charge in [-0.1, -0.05) is 52.0 Å². The molecular formula is C26H38ClFO4S. The van der Waals surface area contributed by atoms with Gasteiger partial charge in [-0.25, -0.2) is 0 Å². The summed E-state index contributed by atoms with van der Waals surface area (Å²) in [5.41, 5.74) is 2.16. The van der Waals surface area contributed by atoms with Crippen LogP contribution in [0, 0.1) is 0 Å². The van der Waals surface area contributed by atoms with E-state index in [1.807, 2.05) is 50.2 Å². The lowest BCUT2D eigenvalue weighted by Gasteiger charge is -2.26. The number of benzene rings is 2. The fourth-order valence-corrected chi connectivity index (χ4v) is 3.36. The topological polar surface area (TPSA) is 47.9 Å². The molecule has 0 amide bonds. The lowest BCUT2D eigenvalue weighted by atomic mass is 9.78. The predicted molar refractivity (Wildman–Crippen MR) is 138 cm³/mol. The van der Waals surface area contributed by atoms with Gasteiger partial charge in [-0.3, -0.25) is 0 Å². The van der Waals surface area contributed by atoms with Gasteiger partial charge in [0.15, 0.2) is 0 Å². The molecule has 33 heavy (non-hydrogen) atoms. The van der Waals surface area contributed by atoms with Gasteiger partial charge >= 0.3 is 0 Å². The zero-order chi connectivity index (χ0) is 24.5. The van der Waals surface area contributed by atoms with E-state index in [1.54, 1.807) is 0 Å². The first-order valence-electron chi connectivity index (χ1n) is 11.5. The molecule has 2 aromatic carbocycles. The smallest absolute Gasteiger partial charge is 0.119 e. The van der Waals surface area contributed by atoms with Gasteiger partial charge in [-0.05, 0) is 48.2 Å². The van der Waals surface area contributed by atoms with Crippen LogP contribution >= 0.6 is 23.7 Å². The summed E-state index contributed by atoms with van der Waals surface area (Å²) in [6.07, 6.45) is 0.724. The lowest BCUT2D eigenvalue weighted by Crippen LogP contribution is -2.24. The van der Waals surface area contributed by atoms with Crippen LogP contribution in [0.4, 0.5) is 3.89 Å². The van der Waals surface area contributed by atoms with Crippen molar-refractivity contribution in [3.8, 4) is 11.5 Å². The standard InChI is InChI=1S/C24H32ClFO4S.C2H6/c1-24(2,19-5-9-22(10-6-19)29-15-3-13-25)20-7-11-23(12-8-20)30-18-21(27)17-28-14-4-16-31-26;1-2/h5-12,21,27H,3-4,13-18H2,1-2H3;1-2H3. The van der Waals surface area contributed by atoms with E-state index in [9.17, 15) is 8.99 Å². The molecule has 0 radical (unpaired) electrons. The second-order valence-electron chi connectivity index (χ2n) is 7.77. The average Bonchev–Trinajstić information content (AvgIpc) is 2.84. The Morgan fingerprint density at radius 2 is 1.42 bits per heavy atom. The molecule has 2 rings (SSSR count). The Balaban J connectivity index is 0.00000265. The predicted octanol–water partition coefficient (Wildman–Crippen LogP) is 6.81. The van der Waals surface area contributed by atoms with E-state index in [2.05, 4.69) is 26.0 Å². The Hall–Kier alpha value is -1.47. The third-order valence-electron chi connectivity index (χ3n) is 4.96. The zero-order valence-corrected chi connectivity index (χ0v) is 21.8. The number of rotatable bonds is 15. The van der Waals surface area contributed by atoms with Gasteiger partial charge in [0.2, 0.25) is 0 Å². The summed E-state index contributed by atoms with van der Waals surface area (Å²) in [7, 11) is 0. The number of halogens is 2. The molecule has 0 saturated carbocycles. The van der Waals surface area contributed by atoms with Gasteiger partial charge in [-0.2, -0.15) is 3.89 Å². The van der Waals surface area contributed by atoms with Crippen LogP contribution in [0.5, 0.6) is 11.5 Å². The molecular weight excluding hydrogens is 463 g/mol. The molecule has 0 spiro atoms. The number of hydrogen-bond acceptors (Lipinski definition) is 5. The molecule has 0 aliphatic carbocycles. The molecule has 0 heterocycles. The third-order valence-corrected chi connectivity index (χ3v) is 5.67. The highest BCUT2D eigenvalue weighted by molar-refractivity contribution is 7.94. The van der Waals surface area contributed by atoms with Gasteiger partial charge in [0, 0.05) is 35.8 Å². The molecule has 4 nitrogen and oxygen atoms in total. The minimum Gasteiger partial charge on any atom is -0.494 e. The highest BCUT2D eigenvalue weighted by atomic mass is 35.5. The summed E-state index contributed by atoms with van der Waals surface area (Å²) in [5, 5.41) is 9.94. The highest BCUT2D eigenvalue weighted by Crippen LogP contribution is 2.33. The zero-order valence-electron chi connectivity index (χ0n) is 20.2. The SMILES string of the molecule is CC.CC(C)(c1ccc(OCCCCl)cc1)c1ccc(OCC(O)COCCCSF)cc1. The molecule has 0 bridgehead atoms. The van der Waals surface area contributed by atoms with Crippen LogP contribution in [0.15, 0.2) is 48.5 Å². The number of ether oxygens (including phenoxy) is 3. The summed E-state index contributed by atoms with van der Waals surface area (Å²) in [5.74, 6) is 2.54. The van der Waals surface area contributed by atoms with E-state index >= 15 is 0 Å². The highest BCUT2D eigenvalue weighted by Gasteiger charge is 2.23. The Bertz CT molecular complexity index is 741. The first-order valence-corrected chi connectivity index (χ1v) is 12.9. The molecule has 0 saturated heterocycles. The molecule has 0 aliphatic rings. The molecule has 0 aliphatic heterocycles. The minimum atomic E-state index is -0.723. The van der Waals surface area contributed by atoms with Gasteiger partial charge < -0.3 is 19.3 Å². The van der Waals surface area contributed by atoms with Crippen LogP contribution in [0.25, 0.3) is 0 Å². The van der Waals surface area contributed by atoms with Crippen molar-refractivity contribution in [3.05, 3.63) is 59.7 Å². The van der Waals surface area contributed by atoms with E-state index in [4.69, 9.17) is 25.8 Å². The quantitative estimate of drug-likeness (QED) is 0.215. The van der Waals surface area contributed by atoms with Crippen LogP contribution in [0.1, 0.15) is 51.7 Å². The molecule has 2 aromatic rings. The molecule has 1 N–H and O–H groups in total. The third kappa shape index (κ3) is 11.0. The monoisotopic (exact) mass is 500 g/mol. The van der Waals surface area contributed by atoms with Crippen molar-refractivity contribution >= 4 is 23.7 Å². The Kier molecular flexibility index (Phi) is 15.3. The van der Waals surface area contributed by atoms with Gasteiger partial charge in [0.05, 0.1) is 13.2 Å². The van der Waals surface area contributed by atoms with Gasteiger partial charge in [0.25, 0.3) is 0 Å². The summed E-state index contributed by atoms with van der Waals surface area (Å²) < 4.78 is 28.6. The maximum absolute atomic E-state index is 11.9. The first kappa shape index (κ1) is 29.6. The van der Waals surface area contributed by atoms with Crippen molar-refractivity contribution in [2.24, 2.45) is 0 Å². The van der Waals surface area contributed by atoms with E-state index in [1.165, 1.54) is 5.56 Å². The maximum Gasteiger partial charge on any atom is 0.119 e. The Morgan fingerprint density at radius 3 is 1.94 bits per heavy atom. The van der Waals surface area contributed by atoms with Crippen molar-refractivity contribution in [3.63, 3.8) is 0 Å². The lowest BCUT2D eigenvalue weighted by molar-refractivity contribution is 0.0125. The average molecular weight is 501 g/mol. The second-order valence-corrected chi connectivity index (χ2v) is 8.78. The second kappa shape index (κ2) is 17.0. The maximum atomic E-state index is 11.9. The van der Waals surface area contributed by atoms with Crippen molar-refractivity contribution in [1.82, 2.24) is 0 Å². The van der Waals surface area contributed by atoms with Gasteiger partial charge in [-0.15, -0.1) is 11.6 Å². The van der Waals surface area contributed by atoms with Gasteiger partial charge in [0.1, 0.15) is 24.2 Å². The molecule has 1 unspecified atom stereocenters. The number of hydrogen-bond donors (Lipinski definition) is 1. The number of aliphatic hydroxyl groups is 1. The fraction of sp³-hybridized carbons (Fsp3) is 0.538. The van der Waals surface area contributed by atoms with Crippen molar-refractivity contribution < 1.29 is 23.2 Å². The van der Waals surface area contributed by atoms with E-state index < -0.39 is 6.10 Å². The number of aliphatic hydroxyl groups excluding tert-OH is 1. The van der Waals surface area contributed by atoms with Crippen LogP contribution in [0.3, 0.4) is 0 Å². The van der Waals surface area contributed by atoms with E-state index in [0.717, 1.165) is 17.7 Å². The molecule has 7 heteroatoms. The Labute approximate surface area is 208 Å². The summed E-state index contributed by atoms with van der Waals surface area (Å²) in [6.45, 7) is 9.72. The number of alkyl halides is 1. The Morgan fingerprint density at radius 1 is 0.879 bits per heavy atom. The minimum absolute atomic E-state index is 0.145. The largest absolute Gasteiger partial charge is 0.494 e. The molecule has 0 aromatic heterocycles. The molecule has 1 atom stereocenters.